The largest absolute Gasteiger partial charge is 0.394 e. The van der Waals surface area contributed by atoms with E-state index in [0.717, 1.165) is 12.8 Å². The molecule has 0 unspecified atom stereocenters. The number of aliphatic hydroxyl groups is 5. The van der Waals surface area contributed by atoms with Crippen molar-refractivity contribution in [1.29, 1.82) is 0 Å². The van der Waals surface area contributed by atoms with Gasteiger partial charge in [-0.15, -0.1) is 0 Å². The van der Waals surface area contributed by atoms with Crippen molar-refractivity contribution in [2.24, 2.45) is 0 Å². The van der Waals surface area contributed by atoms with Gasteiger partial charge in [0.2, 0.25) is 0 Å². The van der Waals surface area contributed by atoms with E-state index in [0.29, 0.717) is 6.42 Å². The summed E-state index contributed by atoms with van der Waals surface area (Å²) in [6.45, 7) is 1.28. The second-order valence-corrected chi connectivity index (χ2v) is 4.27. The summed E-state index contributed by atoms with van der Waals surface area (Å²) in [5, 5.41) is 46.1. The van der Waals surface area contributed by atoms with Crippen LogP contribution in [0, 0.1) is 0 Å². The Bertz CT molecular complexity index is 211. The fourth-order valence-electron chi connectivity index (χ4n) is 1.21. The number of unbranched alkanes of at least 4 members (excludes halogenated alkanes) is 1. The molecule has 16 heavy (non-hydrogen) atoms. The van der Waals surface area contributed by atoms with Crippen LogP contribution in [0.5, 0.6) is 0 Å². The molecule has 0 aliphatic carbocycles. The zero-order chi connectivity index (χ0) is 12.7. The lowest BCUT2D eigenvalue weighted by Crippen LogP contribution is -2.48. The smallest absolute Gasteiger partial charge is 0.114 e. The maximum Gasteiger partial charge on any atom is 0.114 e. The van der Waals surface area contributed by atoms with Gasteiger partial charge in [0, 0.05) is 4.86 Å². The molecule has 0 fully saturated rings. The molecular weight excluding hydrogens is 232 g/mol. The maximum atomic E-state index is 9.58. The van der Waals surface area contributed by atoms with Crippen LogP contribution in [0.1, 0.15) is 26.2 Å². The van der Waals surface area contributed by atoms with Gasteiger partial charge >= 0.3 is 0 Å². The second-order valence-electron chi connectivity index (χ2n) is 3.75. The van der Waals surface area contributed by atoms with E-state index in [-0.39, 0.29) is 4.86 Å². The highest BCUT2D eigenvalue weighted by molar-refractivity contribution is 7.80. The average molecular weight is 252 g/mol. The minimum absolute atomic E-state index is 0.249. The molecular formula is C10H20O5S. The summed E-state index contributed by atoms with van der Waals surface area (Å²) in [5.41, 5.74) is 0. The molecule has 0 aromatic carbocycles. The molecule has 0 aliphatic rings. The summed E-state index contributed by atoms with van der Waals surface area (Å²) in [6, 6.07) is 0. The van der Waals surface area contributed by atoms with Crippen molar-refractivity contribution in [2.45, 2.75) is 50.6 Å². The third-order valence-electron chi connectivity index (χ3n) is 2.36. The Morgan fingerprint density at radius 1 is 1.12 bits per heavy atom. The van der Waals surface area contributed by atoms with E-state index in [1.54, 1.807) is 0 Å². The molecule has 0 heterocycles. The lowest BCUT2D eigenvalue weighted by Gasteiger charge is -2.26. The van der Waals surface area contributed by atoms with Crippen LogP contribution in [-0.2, 0) is 0 Å². The molecule has 5 nitrogen and oxygen atoms in total. The SMILES string of the molecule is CCCCC(=S)[C@H](O)[C@@H](O)[C@H](O)[C@H](O)CO. The molecule has 96 valence electrons. The van der Waals surface area contributed by atoms with E-state index in [2.05, 4.69) is 0 Å². The molecule has 0 aromatic rings. The first kappa shape index (κ1) is 15.9. The highest BCUT2D eigenvalue weighted by Crippen LogP contribution is 2.10. The van der Waals surface area contributed by atoms with Gasteiger partial charge in [-0.25, -0.2) is 0 Å². The van der Waals surface area contributed by atoms with Gasteiger partial charge in [0.25, 0.3) is 0 Å². The summed E-state index contributed by atoms with van der Waals surface area (Å²) < 4.78 is 0. The number of aliphatic hydroxyl groups excluding tert-OH is 5. The highest BCUT2D eigenvalue weighted by Gasteiger charge is 2.31. The Morgan fingerprint density at radius 3 is 2.12 bits per heavy atom. The van der Waals surface area contributed by atoms with Crippen molar-refractivity contribution in [3.8, 4) is 0 Å². The van der Waals surface area contributed by atoms with E-state index in [4.69, 9.17) is 22.4 Å². The van der Waals surface area contributed by atoms with Gasteiger partial charge in [0.05, 0.1) is 6.61 Å². The van der Waals surface area contributed by atoms with E-state index < -0.39 is 31.0 Å². The van der Waals surface area contributed by atoms with Crippen LogP contribution in [-0.4, -0.2) is 61.4 Å². The molecule has 6 heteroatoms. The fraction of sp³-hybridized carbons (Fsp3) is 0.900. The first-order valence-electron chi connectivity index (χ1n) is 5.31. The van der Waals surface area contributed by atoms with Crippen LogP contribution in [0.25, 0.3) is 0 Å². The molecule has 0 rings (SSSR count). The molecule has 0 aromatic heterocycles. The molecule has 4 atom stereocenters. The zero-order valence-electron chi connectivity index (χ0n) is 9.28. The average Bonchev–Trinajstić information content (AvgIpc) is 2.31. The van der Waals surface area contributed by atoms with Crippen molar-refractivity contribution >= 4 is 17.1 Å². The fourth-order valence-corrected chi connectivity index (χ4v) is 1.50. The number of thiocarbonyl (C=S) groups is 1. The highest BCUT2D eigenvalue weighted by atomic mass is 32.1. The van der Waals surface area contributed by atoms with Crippen molar-refractivity contribution in [3.05, 3.63) is 0 Å². The quantitative estimate of drug-likeness (QED) is 0.355. The first-order chi connectivity index (χ1) is 7.45. The van der Waals surface area contributed by atoms with Crippen LogP contribution in [0.4, 0.5) is 0 Å². The molecule has 0 aliphatic heterocycles. The van der Waals surface area contributed by atoms with Crippen molar-refractivity contribution < 1.29 is 25.5 Å². The van der Waals surface area contributed by atoms with E-state index >= 15 is 0 Å². The Balaban J connectivity index is 4.25. The summed E-state index contributed by atoms with van der Waals surface area (Å²) >= 11 is 4.90. The second kappa shape index (κ2) is 8.05. The summed E-state index contributed by atoms with van der Waals surface area (Å²) in [6.07, 6.45) is -3.86. The number of rotatable bonds is 8. The summed E-state index contributed by atoms with van der Waals surface area (Å²) in [7, 11) is 0. The third kappa shape index (κ3) is 4.82. The van der Waals surface area contributed by atoms with Gasteiger partial charge < -0.3 is 25.5 Å². The van der Waals surface area contributed by atoms with Gasteiger partial charge in [-0.05, 0) is 12.8 Å². The van der Waals surface area contributed by atoms with Gasteiger partial charge in [-0.3, -0.25) is 0 Å². The molecule has 0 saturated carbocycles. The van der Waals surface area contributed by atoms with Crippen molar-refractivity contribution in [2.75, 3.05) is 6.61 Å². The predicted molar refractivity (Wildman–Crippen MR) is 63.2 cm³/mol. The molecule has 0 bridgehead atoms. The monoisotopic (exact) mass is 252 g/mol. The van der Waals surface area contributed by atoms with Crippen LogP contribution in [0.3, 0.4) is 0 Å². The van der Waals surface area contributed by atoms with Crippen LogP contribution in [0.15, 0.2) is 0 Å². The van der Waals surface area contributed by atoms with Gasteiger partial charge in [-0.1, -0.05) is 25.6 Å². The van der Waals surface area contributed by atoms with E-state index in [9.17, 15) is 15.3 Å². The molecule has 0 spiro atoms. The molecule has 0 radical (unpaired) electrons. The lowest BCUT2D eigenvalue weighted by atomic mass is 9.99. The minimum atomic E-state index is -1.61. The van der Waals surface area contributed by atoms with Gasteiger partial charge in [0.1, 0.15) is 24.4 Å². The van der Waals surface area contributed by atoms with Crippen LogP contribution in [0.2, 0.25) is 0 Å². The predicted octanol–water partition coefficient (Wildman–Crippen LogP) is -1.02. The molecule has 5 N–H and O–H groups in total. The van der Waals surface area contributed by atoms with E-state index in [1.165, 1.54) is 0 Å². The minimum Gasteiger partial charge on any atom is -0.394 e. The number of hydrogen-bond acceptors (Lipinski definition) is 6. The van der Waals surface area contributed by atoms with E-state index in [1.807, 2.05) is 6.92 Å². The van der Waals surface area contributed by atoms with Crippen LogP contribution >= 0.6 is 12.2 Å². The number of hydrogen-bond donors (Lipinski definition) is 5. The third-order valence-corrected chi connectivity index (χ3v) is 2.81. The topological polar surface area (TPSA) is 101 Å². The Hall–Kier alpha value is -0.110. The molecule has 0 amide bonds. The summed E-state index contributed by atoms with van der Waals surface area (Å²) in [4.78, 5) is 0.249. The Labute approximate surface area is 100 Å². The Morgan fingerprint density at radius 2 is 1.69 bits per heavy atom. The molecule has 0 saturated heterocycles. The standard InChI is InChI=1S/C10H20O5S/c1-2-3-4-7(16)9(14)10(15)8(13)6(12)5-11/h6,8-15H,2-5H2,1H3/t6-,8-,9+,10+/m1/s1. The lowest BCUT2D eigenvalue weighted by molar-refractivity contribution is -0.101. The summed E-state index contributed by atoms with van der Waals surface area (Å²) in [5.74, 6) is 0. The van der Waals surface area contributed by atoms with Crippen molar-refractivity contribution in [3.63, 3.8) is 0 Å². The zero-order valence-corrected chi connectivity index (χ0v) is 10.1. The van der Waals surface area contributed by atoms with Gasteiger partial charge in [0.15, 0.2) is 0 Å². The first-order valence-corrected chi connectivity index (χ1v) is 5.72. The maximum absolute atomic E-state index is 9.58. The van der Waals surface area contributed by atoms with Gasteiger partial charge in [-0.2, -0.15) is 0 Å². The van der Waals surface area contributed by atoms with Crippen LogP contribution < -0.4 is 0 Å². The Kier molecular flexibility index (Phi) is 8.00. The normalized spacial score (nSPS) is 18.9. The van der Waals surface area contributed by atoms with Crippen molar-refractivity contribution in [1.82, 2.24) is 0 Å².